The molecular formula is C13H16N2O. The first kappa shape index (κ1) is 10.7. The zero-order chi connectivity index (χ0) is 11.4. The molecule has 0 radical (unpaired) electrons. The first-order valence-corrected chi connectivity index (χ1v) is 5.55. The highest BCUT2D eigenvalue weighted by Crippen LogP contribution is 2.28. The molecule has 1 aromatic heterocycles. The Kier molecular flexibility index (Phi) is 3.25. The molecule has 3 nitrogen and oxygen atoms in total. The topological polar surface area (TPSA) is 38.0 Å². The monoisotopic (exact) mass is 216 g/mol. The second-order valence-electron chi connectivity index (χ2n) is 3.92. The van der Waals surface area contributed by atoms with Gasteiger partial charge in [0.1, 0.15) is 5.75 Å². The standard InChI is InChI=1S/C13H16N2O/c1-2-11(9-15-8-7-14-10-15)12-5-3-4-6-13(12)16/h3-8,10-11,16H,2,9H2,1H3. The van der Waals surface area contributed by atoms with E-state index in [4.69, 9.17) is 0 Å². The number of phenols is 1. The van der Waals surface area contributed by atoms with E-state index < -0.39 is 0 Å². The summed E-state index contributed by atoms with van der Waals surface area (Å²) in [6.45, 7) is 2.99. The molecule has 1 N–H and O–H groups in total. The number of aromatic hydroxyl groups is 1. The van der Waals surface area contributed by atoms with Gasteiger partial charge < -0.3 is 9.67 Å². The van der Waals surface area contributed by atoms with Crippen molar-refractivity contribution < 1.29 is 5.11 Å². The molecule has 0 aliphatic rings. The number of hydrogen-bond donors (Lipinski definition) is 1. The van der Waals surface area contributed by atoms with Crippen molar-refractivity contribution in [2.75, 3.05) is 0 Å². The quantitative estimate of drug-likeness (QED) is 0.853. The number of nitrogens with zero attached hydrogens (tertiary/aromatic N) is 2. The van der Waals surface area contributed by atoms with E-state index in [2.05, 4.69) is 11.9 Å². The molecule has 0 aliphatic carbocycles. The van der Waals surface area contributed by atoms with Crippen LogP contribution in [-0.2, 0) is 6.54 Å². The van der Waals surface area contributed by atoms with Crippen molar-refractivity contribution in [3.05, 3.63) is 48.5 Å². The van der Waals surface area contributed by atoms with Crippen molar-refractivity contribution in [3.8, 4) is 5.75 Å². The predicted molar refractivity (Wildman–Crippen MR) is 63.4 cm³/mol. The molecular weight excluding hydrogens is 200 g/mol. The Morgan fingerprint density at radius 1 is 1.38 bits per heavy atom. The number of para-hydroxylation sites is 1. The van der Waals surface area contributed by atoms with Gasteiger partial charge in [0.05, 0.1) is 6.33 Å². The molecule has 84 valence electrons. The van der Waals surface area contributed by atoms with Gasteiger partial charge in [-0.25, -0.2) is 4.98 Å². The van der Waals surface area contributed by atoms with E-state index in [-0.39, 0.29) is 0 Å². The first-order chi connectivity index (χ1) is 7.81. The first-order valence-electron chi connectivity index (χ1n) is 5.55. The van der Waals surface area contributed by atoms with Crippen molar-refractivity contribution in [3.63, 3.8) is 0 Å². The maximum Gasteiger partial charge on any atom is 0.119 e. The van der Waals surface area contributed by atoms with Crippen LogP contribution in [0.2, 0.25) is 0 Å². The van der Waals surface area contributed by atoms with Gasteiger partial charge in [-0.05, 0) is 18.1 Å². The molecule has 16 heavy (non-hydrogen) atoms. The largest absolute Gasteiger partial charge is 0.508 e. The minimum atomic E-state index is 0.329. The highest BCUT2D eigenvalue weighted by Gasteiger charge is 2.13. The van der Waals surface area contributed by atoms with E-state index in [1.165, 1.54) is 0 Å². The molecule has 1 heterocycles. The Balaban J connectivity index is 2.20. The van der Waals surface area contributed by atoms with E-state index >= 15 is 0 Å². The fourth-order valence-corrected chi connectivity index (χ4v) is 1.93. The van der Waals surface area contributed by atoms with Crippen LogP contribution in [0.4, 0.5) is 0 Å². The minimum absolute atomic E-state index is 0.329. The summed E-state index contributed by atoms with van der Waals surface area (Å²) in [5, 5.41) is 9.82. The lowest BCUT2D eigenvalue weighted by molar-refractivity contribution is 0.448. The molecule has 0 bridgehead atoms. The average molecular weight is 216 g/mol. The Labute approximate surface area is 95.4 Å². The van der Waals surface area contributed by atoms with Gasteiger partial charge in [-0.15, -0.1) is 0 Å². The maximum absolute atomic E-state index is 9.82. The van der Waals surface area contributed by atoms with Gasteiger partial charge in [-0.1, -0.05) is 25.1 Å². The number of aromatic nitrogens is 2. The van der Waals surface area contributed by atoms with Crippen molar-refractivity contribution in [2.45, 2.75) is 25.8 Å². The highest BCUT2D eigenvalue weighted by atomic mass is 16.3. The number of rotatable bonds is 4. The second kappa shape index (κ2) is 4.84. The Bertz CT molecular complexity index is 437. The van der Waals surface area contributed by atoms with Gasteiger partial charge >= 0.3 is 0 Å². The van der Waals surface area contributed by atoms with Crippen LogP contribution in [0.15, 0.2) is 43.0 Å². The molecule has 1 unspecified atom stereocenters. The van der Waals surface area contributed by atoms with Gasteiger partial charge in [-0.3, -0.25) is 0 Å². The molecule has 0 fully saturated rings. The van der Waals surface area contributed by atoms with Gasteiger partial charge in [0, 0.05) is 24.9 Å². The summed E-state index contributed by atoms with van der Waals surface area (Å²) in [6, 6.07) is 7.54. The number of benzene rings is 1. The molecule has 0 saturated carbocycles. The Morgan fingerprint density at radius 3 is 2.81 bits per heavy atom. The molecule has 0 saturated heterocycles. The van der Waals surface area contributed by atoms with Crippen LogP contribution in [0.3, 0.4) is 0 Å². The molecule has 3 heteroatoms. The smallest absolute Gasteiger partial charge is 0.119 e. The van der Waals surface area contributed by atoms with Crippen LogP contribution in [0.25, 0.3) is 0 Å². The van der Waals surface area contributed by atoms with Gasteiger partial charge in [0.2, 0.25) is 0 Å². The van der Waals surface area contributed by atoms with Crippen LogP contribution in [0, 0.1) is 0 Å². The van der Waals surface area contributed by atoms with Crippen molar-refractivity contribution >= 4 is 0 Å². The van der Waals surface area contributed by atoms with Crippen molar-refractivity contribution in [2.24, 2.45) is 0 Å². The summed E-state index contributed by atoms with van der Waals surface area (Å²) in [5.41, 5.74) is 1.01. The second-order valence-corrected chi connectivity index (χ2v) is 3.92. The molecule has 2 rings (SSSR count). The average Bonchev–Trinajstić information content (AvgIpc) is 2.80. The molecule has 0 spiro atoms. The van der Waals surface area contributed by atoms with E-state index in [0.717, 1.165) is 18.5 Å². The summed E-state index contributed by atoms with van der Waals surface area (Å²) in [7, 11) is 0. The summed E-state index contributed by atoms with van der Waals surface area (Å²) < 4.78 is 2.04. The summed E-state index contributed by atoms with van der Waals surface area (Å²) in [4.78, 5) is 4.03. The molecule has 0 aliphatic heterocycles. The van der Waals surface area contributed by atoms with E-state index in [1.54, 1.807) is 12.3 Å². The Morgan fingerprint density at radius 2 is 2.19 bits per heavy atom. The molecule has 0 amide bonds. The summed E-state index contributed by atoms with van der Waals surface area (Å²) in [6.07, 6.45) is 6.53. The van der Waals surface area contributed by atoms with Gasteiger partial charge in [0.25, 0.3) is 0 Å². The van der Waals surface area contributed by atoms with Crippen molar-refractivity contribution in [1.29, 1.82) is 0 Å². The van der Waals surface area contributed by atoms with Gasteiger partial charge in [0.15, 0.2) is 0 Å². The van der Waals surface area contributed by atoms with E-state index in [9.17, 15) is 5.11 Å². The van der Waals surface area contributed by atoms with E-state index in [1.807, 2.05) is 35.3 Å². The SMILES string of the molecule is CCC(Cn1ccnc1)c1ccccc1O. The Hall–Kier alpha value is -1.77. The van der Waals surface area contributed by atoms with E-state index in [0.29, 0.717) is 11.7 Å². The normalized spacial score (nSPS) is 12.6. The number of phenolic OH excluding ortho intramolecular Hbond substituents is 1. The lowest BCUT2D eigenvalue weighted by atomic mass is 9.95. The number of imidazole rings is 1. The fraction of sp³-hybridized carbons (Fsp3) is 0.308. The summed E-state index contributed by atoms with van der Waals surface area (Å²) >= 11 is 0. The van der Waals surface area contributed by atoms with Gasteiger partial charge in [-0.2, -0.15) is 0 Å². The number of hydrogen-bond acceptors (Lipinski definition) is 2. The van der Waals surface area contributed by atoms with Crippen LogP contribution in [-0.4, -0.2) is 14.7 Å². The molecule has 1 atom stereocenters. The minimum Gasteiger partial charge on any atom is -0.508 e. The molecule has 2 aromatic rings. The maximum atomic E-state index is 9.82. The third-order valence-corrected chi connectivity index (χ3v) is 2.86. The van der Waals surface area contributed by atoms with Crippen LogP contribution < -0.4 is 0 Å². The molecule has 1 aromatic carbocycles. The fourth-order valence-electron chi connectivity index (χ4n) is 1.93. The lowest BCUT2D eigenvalue weighted by Crippen LogP contribution is -2.07. The third kappa shape index (κ3) is 2.24. The zero-order valence-corrected chi connectivity index (χ0v) is 9.37. The van der Waals surface area contributed by atoms with Crippen LogP contribution in [0.5, 0.6) is 5.75 Å². The van der Waals surface area contributed by atoms with Crippen molar-refractivity contribution in [1.82, 2.24) is 9.55 Å². The lowest BCUT2D eigenvalue weighted by Gasteiger charge is -2.17. The highest BCUT2D eigenvalue weighted by molar-refractivity contribution is 5.34. The van der Waals surface area contributed by atoms with Crippen LogP contribution in [0.1, 0.15) is 24.8 Å². The zero-order valence-electron chi connectivity index (χ0n) is 9.37. The third-order valence-electron chi connectivity index (χ3n) is 2.86. The predicted octanol–water partition coefficient (Wildman–Crippen LogP) is 2.78. The summed E-state index contributed by atoms with van der Waals surface area (Å²) in [5.74, 6) is 0.713. The van der Waals surface area contributed by atoms with Crippen LogP contribution >= 0.6 is 0 Å².